The normalized spacial score (nSPS) is 11.8. The lowest BCUT2D eigenvalue weighted by Crippen LogP contribution is -1.99. The number of aliphatic hydroxyl groups excluding tert-OH is 1. The summed E-state index contributed by atoms with van der Waals surface area (Å²) in [6.07, 6.45) is 1.43. The molecule has 0 saturated carbocycles. The Morgan fingerprint density at radius 2 is 2.11 bits per heavy atom. The first-order valence-electron chi connectivity index (χ1n) is 2.00. The lowest BCUT2D eigenvalue weighted by atomic mass is 11.5. The number of rotatable bonds is 2. The molecule has 9 heavy (non-hydrogen) atoms. The van der Waals surface area contributed by atoms with E-state index in [1.807, 2.05) is 0 Å². The molecule has 2 N–H and O–H groups in total. The predicted molar refractivity (Wildman–Crippen MR) is 34.7 cm³/mol. The van der Waals surface area contributed by atoms with Crippen LogP contribution in [0.4, 0.5) is 4.79 Å². The smallest absolute Gasteiger partial charge is 0.328 e. The highest BCUT2D eigenvalue weighted by molar-refractivity contribution is 8.23. The van der Waals surface area contributed by atoms with E-state index in [1.54, 1.807) is 0 Å². The fourth-order valence-corrected chi connectivity index (χ4v) is 1.38. The molecule has 0 aliphatic rings. The van der Waals surface area contributed by atoms with E-state index in [0.717, 1.165) is 11.8 Å². The summed E-state index contributed by atoms with van der Waals surface area (Å²) >= 11 is 0.719. The number of hydrogen-bond acceptors (Lipinski definition) is 5. The maximum atomic E-state index is 10.4. The average molecular weight is 169 g/mol. The standard InChI is InChI=1S/C3H6O4PS/c1-9-3(6)8(7)2(4)5/h2,4-5H,1H3/q+1. The van der Waals surface area contributed by atoms with E-state index in [9.17, 15) is 9.36 Å². The van der Waals surface area contributed by atoms with E-state index in [2.05, 4.69) is 0 Å². The first-order chi connectivity index (χ1) is 4.09. The maximum Gasteiger partial charge on any atom is 0.489 e. The van der Waals surface area contributed by atoms with Crippen LogP contribution in [0.15, 0.2) is 0 Å². The second kappa shape index (κ2) is 3.95. The molecule has 0 aromatic rings. The van der Waals surface area contributed by atoms with Gasteiger partial charge in [-0.1, -0.05) is 4.57 Å². The van der Waals surface area contributed by atoms with Crippen molar-refractivity contribution in [2.75, 3.05) is 6.26 Å². The molecule has 0 saturated heterocycles. The van der Waals surface area contributed by atoms with Crippen LogP contribution in [0.1, 0.15) is 0 Å². The Bertz CT molecular complexity index is 134. The average Bonchev–Trinajstić information content (AvgIpc) is 1.84. The second-order valence-corrected chi connectivity index (χ2v) is 3.74. The molecule has 0 amide bonds. The minimum atomic E-state index is -2.52. The van der Waals surface area contributed by atoms with Gasteiger partial charge in [-0.25, -0.2) is 4.79 Å². The van der Waals surface area contributed by atoms with Gasteiger partial charge in [-0.3, -0.25) is 0 Å². The molecule has 6 heteroatoms. The van der Waals surface area contributed by atoms with E-state index < -0.39 is 18.7 Å². The number of carbonyl (C=O) groups is 1. The number of carbonyl (C=O) groups excluding carboxylic acids is 1. The third-order valence-electron chi connectivity index (χ3n) is 0.564. The van der Waals surface area contributed by atoms with Crippen LogP contribution in [0, 0.1) is 0 Å². The summed E-state index contributed by atoms with van der Waals surface area (Å²) in [7, 11) is -2.52. The quantitative estimate of drug-likeness (QED) is 0.466. The Kier molecular flexibility index (Phi) is 3.97. The van der Waals surface area contributed by atoms with Crippen LogP contribution in [0.25, 0.3) is 0 Å². The summed E-state index contributed by atoms with van der Waals surface area (Å²) in [5, 5.41) is 16.3. The molecular formula is C3H6O4PS+. The Morgan fingerprint density at radius 1 is 1.67 bits per heavy atom. The zero-order chi connectivity index (χ0) is 7.44. The Morgan fingerprint density at radius 3 is 2.22 bits per heavy atom. The number of thioether (sulfide) groups is 1. The molecule has 1 atom stereocenters. The lowest BCUT2D eigenvalue weighted by Gasteiger charge is -1.83. The van der Waals surface area contributed by atoms with E-state index >= 15 is 0 Å². The van der Waals surface area contributed by atoms with Crippen molar-refractivity contribution in [2.24, 2.45) is 0 Å². The van der Waals surface area contributed by atoms with Crippen molar-refractivity contribution in [3.05, 3.63) is 0 Å². The van der Waals surface area contributed by atoms with Crippen molar-refractivity contribution in [3.8, 4) is 0 Å². The predicted octanol–water partition coefficient (Wildman–Crippen LogP) is 0.565. The number of hydrogen-bond donors (Lipinski definition) is 2. The first-order valence-corrected chi connectivity index (χ1v) is 4.55. The SMILES string of the molecule is CSC(=O)[P+](=O)C(O)O. The van der Waals surface area contributed by atoms with Crippen molar-refractivity contribution in [2.45, 2.75) is 6.03 Å². The van der Waals surface area contributed by atoms with Crippen LogP contribution >= 0.6 is 19.6 Å². The van der Waals surface area contributed by atoms with Crippen LogP contribution in [0.5, 0.6) is 0 Å². The molecule has 52 valence electrons. The van der Waals surface area contributed by atoms with Crippen molar-refractivity contribution in [1.82, 2.24) is 0 Å². The summed E-state index contributed by atoms with van der Waals surface area (Å²) < 4.78 is 10.4. The van der Waals surface area contributed by atoms with Crippen LogP contribution in [-0.4, -0.2) is 27.4 Å². The van der Waals surface area contributed by atoms with Gasteiger partial charge in [-0.05, 0) is 18.0 Å². The molecule has 0 aliphatic heterocycles. The van der Waals surface area contributed by atoms with Gasteiger partial charge in [0, 0.05) is 0 Å². The monoisotopic (exact) mass is 169 g/mol. The molecule has 0 aromatic carbocycles. The molecule has 0 aliphatic carbocycles. The summed E-state index contributed by atoms with van der Waals surface area (Å²) in [5.41, 5.74) is 0. The fraction of sp³-hybridized carbons (Fsp3) is 0.667. The third kappa shape index (κ3) is 2.91. The molecule has 0 bridgehead atoms. The third-order valence-corrected chi connectivity index (χ3v) is 2.78. The zero-order valence-corrected chi connectivity index (χ0v) is 6.35. The molecule has 0 fully saturated rings. The van der Waals surface area contributed by atoms with Crippen LogP contribution < -0.4 is 0 Å². The van der Waals surface area contributed by atoms with Crippen molar-refractivity contribution >= 4 is 24.4 Å². The topological polar surface area (TPSA) is 74.6 Å². The van der Waals surface area contributed by atoms with Crippen molar-refractivity contribution in [3.63, 3.8) is 0 Å². The summed E-state index contributed by atoms with van der Waals surface area (Å²) in [4.78, 5) is 9.62. The van der Waals surface area contributed by atoms with Crippen molar-refractivity contribution < 1.29 is 19.6 Å². The van der Waals surface area contributed by atoms with E-state index in [0.29, 0.717) is 0 Å². The zero-order valence-electron chi connectivity index (χ0n) is 4.64. The molecule has 0 heterocycles. The minimum Gasteiger partial charge on any atom is -0.328 e. The summed E-state index contributed by atoms with van der Waals surface area (Å²) in [6.45, 7) is 0. The molecule has 0 radical (unpaired) electrons. The van der Waals surface area contributed by atoms with Gasteiger partial charge >= 0.3 is 18.7 Å². The van der Waals surface area contributed by atoms with Gasteiger partial charge in [-0.15, -0.1) is 0 Å². The highest BCUT2D eigenvalue weighted by Gasteiger charge is 2.35. The van der Waals surface area contributed by atoms with Gasteiger partial charge in [0.05, 0.1) is 0 Å². The van der Waals surface area contributed by atoms with E-state index in [-0.39, 0.29) is 0 Å². The highest BCUT2D eigenvalue weighted by Crippen LogP contribution is 2.31. The molecule has 1 unspecified atom stereocenters. The molecular weight excluding hydrogens is 163 g/mol. The molecule has 0 spiro atoms. The van der Waals surface area contributed by atoms with Gasteiger partial charge in [0.2, 0.25) is 0 Å². The van der Waals surface area contributed by atoms with Gasteiger partial charge < -0.3 is 10.2 Å². The van der Waals surface area contributed by atoms with E-state index in [4.69, 9.17) is 10.2 Å². The fourth-order valence-electron chi connectivity index (χ4n) is 0.184. The minimum absolute atomic E-state index is 0.694. The molecule has 0 rings (SSSR count). The van der Waals surface area contributed by atoms with Crippen LogP contribution in [-0.2, 0) is 4.57 Å². The van der Waals surface area contributed by atoms with Crippen molar-refractivity contribution in [1.29, 1.82) is 0 Å². The second-order valence-electron chi connectivity index (χ2n) is 1.14. The maximum absolute atomic E-state index is 10.4. The van der Waals surface area contributed by atoms with Gasteiger partial charge in [-0.2, -0.15) is 0 Å². The number of aliphatic hydroxyl groups is 2. The Labute approximate surface area is 57.0 Å². The first kappa shape index (κ1) is 9.04. The van der Waals surface area contributed by atoms with Crippen LogP contribution in [0.3, 0.4) is 0 Å². The van der Waals surface area contributed by atoms with Gasteiger partial charge in [0.1, 0.15) is 0 Å². The highest BCUT2D eigenvalue weighted by atomic mass is 32.2. The Hall–Kier alpha value is 0.0400. The van der Waals surface area contributed by atoms with Gasteiger partial charge in [0.15, 0.2) is 0 Å². The summed E-state index contributed by atoms with van der Waals surface area (Å²) in [5.74, 6) is 0. The summed E-state index contributed by atoms with van der Waals surface area (Å²) in [6, 6.07) is -2.01. The Balaban J connectivity index is 3.89. The molecule has 4 nitrogen and oxygen atoms in total. The van der Waals surface area contributed by atoms with E-state index in [1.165, 1.54) is 6.26 Å². The van der Waals surface area contributed by atoms with Gasteiger partial charge in [0.25, 0.3) is 0 Å². The largest absolute Gasteiger partial charge is 0.489 e. The molecule has 0 aromatic heterocycles. The van der Waals surface area contributed by atoms with Crippen LogP contribution in [0.2, 0.25) is 0 Å². The lowest BCUT2D eigenvalue weighted by molar-refractivity contribution is 0.0332.